The molecule has 2 rings (SSSR count). The standard InChI is InChI=1S/C15H30N2O/c1-14(2)18-12-6-9-16-8-5-7-15(13-16)17-10-3-4-11-17/h14-15H,3-13H2,1-2H3/t15-/m1/s1. The number of ether oxygens (including phenoxy) is 1. The van der Waals surface area contributed by atoms with E-state index in [1.54, 1.807) is 0 Å². The Labute approximate surface area is 112 Å². The molecule has 0 saturated carbocycles. The first-order chi connectivity index (χ1) is 8.75. The predicted molar refractivity (Wildman–Crippen MR) is 76.0 cm³/mol. The van der Waals surface area contributed by atoms with Crippen molar-refractivity contribution in [3.8, 4) is 0 Å². The van der Waals surface area contributed by atoms with E-state index in [2.05, 4.69) is 23.6 Å². The number of nitrogens with zero attached hydrogens (tertiary/aromatic N) is 2. The van der Waals surface area contributed by atoms with Crippen LogP contribution in [0.1, 0.15) is 46.0 Å². The Balaban J connectivity index is 1.63. The van der Waals surface area contributed by atoms with Crippen molar-refractivity contribution in [3.63, 3.8) is 0 Å². The van der Waals surface area contributed by atoms with Crippen molar-refractivity contribution in [1.82, 2.24) is 9.80 Å². The Morgan fingerprint density at radius 3 is 2.61 bits per heavy atom. The van der Waals surface area contributed by atoms with Crippen LogP contribution < -0.4 is 0 Å². The molecular weight excluding hydrogens is 224 g/mol. The van der Waals surface area contributed by atoms with Crippen molar-refractivity contribution in [2.75, 3.05) is 39.3 Å². The van der Waals surface area contributed by atoms with Gasteiger partial charge in [-0.3, -0.25) is 4.90 Å². The van der Waals surface area contributed by atoms with Crippen LogP contribution in [0.5, 0.6) is 0 Å². The van der Waals surface area contributed by atoms with Gasteiger partial charge in [0, 0.05) is 25.7 Å². The average molecular weight is 254 g/mol. The second kappa shape index (κ2) is 7.46. The first-order valence-corrected chi connectivity index (χ1v) is 7.83. The highest BCUT2D eigenvalue weighted by molar-refractivity contribution is 4.83. The molecule has 0 aromatic rings. The van der Waals surface area contributed by atoms with Gasteiger partial charge in [0.1, 0.15) is 0 Å². The van der Waals surface area contributed by atoms with Gasteiger partial charge < -0.3 is 9.64 Å². The van der Waals surface area contributed by atoms with Gasteiger partial charge in [-0.05, 0) is 65.6 Å². The zero-order valence-corrected chi connectivity index (χ0v) is 12.2. The molecule has 1 atom stereocenters. The maximum atomic E-state index is 5.62. The summed E-state index contributed by atoms with van der Waals surface area (Å²) in [4.78, 5) is 5.37. The first kappa shape index (κ1) is 14.3. The van der Waals surface area contributed by atoms with Crippen molar-refractivity contribution in [2.24, 2.45) is 0 Å². The van der Waals surface area contributed by atoms with Crippen LogP contribution in [-0.4, -0.2) is 61.3 Å². The normalized spacial score (nSPS) is 27.2. The van der Waals surface area contributed by atoms with Crippen LogP contribution in [0.4, 0.5) is 0 Å². The Morgan fingerprint density at radius 2 is 1.89 bits per heavy atom. The van der Waals surface area contributed by atoms with E-state index in [1.807, 2.05) is 0 Å². The van der Waals surface area contributed by atoms with Crippen LogP contribution in [0.2, 0.25) is 0 Å². The summed E-state index contributed by atoms with van der Waals surface area (Å²) in [6.07, 6.45) is 7.19. The molecule has 0 amide bonds. The van der Waals surface area contributed by atoms with E-state index in [0.717, 1.165) is 12.6 Å². The number of rotatable bonds is 6. The molecule has 0 bridgehead atoms. The van der Waals surface area contributed by atoms with E-state index in [4.69, 9.17) is 4.74 Å². The summed E-state index contributed by atoms with van der Waals surface area (Å²) >= 11 is 0. The van der Waals surface area contributed by atoms with Crippen LogP contribution in [-0.2, 0) is 4.74 Å². The first-order valence-electron chi connectivity index (χ1n) is 7.83. The van der Waals surface area contributed by atoms with Gasteiger partial charge in [0.15, 0.2) is 0 Å². The molecule has 0 aromatic carbocycles. The van der Waals surface area contributed by atoms with Gasteiger partial charge >= 0.3 is 0 Å². The van der Waals surface area contributed by atoms with Crippen LogP contribution in [0.3, 0.4) is 0 Å². The quantitative estimate of drug-likeness (QED) is 0.677. The monoisotopic (exact) mass is 254 g/mol. The molecule has 0 radical (unpaired) electrons. The molecule has 0 aliphatic carbocycles. The third-order valence-corrected chi connectivity index (χ3v) is 4.21. The smallest absolute Gasteiger partial charge is 0.0518 e. The van der Waals surface area contributed by atoms with Crippen LogP contribution >= 0.6 is 0 Å². The summed E-state index contributed by atoms with van der Waals surface area (Å²) in [5, 5.41) is 0. The largest absolute Gasteiger partial charge is 0.379 e. The molecule has 3 heteroatoms. The van der Waals surface area contributed by atoms with Gasteiger partial charge in [0.25, 0.3) is 0 Å². The third kappa shape index (κ3) is 4.52. The molecule has 2 heterocycles. The highest BCUT2D eigenvalue weighted by Crippen LogP contribution is 2.20. The van der Waals surface area contributed by atoms with E-state index in [-0.39, 0.29) is 0 Å². The van der Waals surface area contributed by atoms with Gasteiger partial charge in [-0.1, -0.05) is 0 Å². The minimum absolute atomic E-state index is 0.378. The number of hydrogen-bond donors (Lipinski definition) is 0. The Morgan fingerprint density at radius 1 is 1.11 bits per heavy atom. The molecule has 18 heavy (non-hydrogen) atoms. The number of likely N-dealkylation sites (tertiary alicyclic amines) is 2. The Hall–Kier alpha value is -0.120. The van der Waals surface area contributed by atoms with E-state index in [1.165, 1.54) is 64.8 Å². The van der Waals surface area contributed by atoms with Gasteiger partial charge in [-0.15, -0.1) is 0 Å². The fraction of sp³-hybridized carbons (Fsp3) is 1.00. The topological polar surface area (TPSA) is 15.7 Å². The maximum absolute atomic E-state index is 5.62. The van der Waals surface area contributed by atoms with E-state index >= 15 is 0 Å². The fourth-order valence-electron chi connectivity index (χ4n) is 3.25. The number of hydrogen-bond acceptors (Lipinski definition) is 3. The third-order valence-electron chi connectivity index (χ3n) is 4.21. The lowest BCUT2D eigenvalue weighted by atomic mass is 10.0. The molecule has 0 aromatic heterocycles. The number of piperidine rings is 1. The molecular formula is C15H30N2O. The van der Waals surface area contributed by atoms with Gasteiger partial charge in [-0.2, -0.15) is 0 Å². The van der Waals surface area contributed by atoms with Crippen molar-refractivity contribution in [3.05, 3.63) is 0 Å². The molecule has 3 nitrogen and oxygen atoms in total. The summed E-state index contributed by atoms with van der Waals surface area (Å²) in [7, 11) is 0. The maximum Gasteiger partial charge on any atom is 0.0518 e. The second-order valence-electron chi connectivity index (χ2n) is 6.11. The van der Waals surface area contributed by atoms with Crippen molar-refractivity contribution in [1.29, 1.82) is 0 Å². The molecule has 106 valence electrons. The molecule has 2 aliphatic rings. The summed E-state index contributed by atoms with van der Waals surface area (Å²) in [6, 6.07) is 0.840. The lowest BCUT2D eigenvalue weighted by Crippen LogP contribution is -2.47. The molecule has 2 aliphatic heterocycles. The summed E-state index contributed by atoms with van der Waals surface area (Å²) < 4.78 is 5.62. The average Bonchev–Trinajstić information content (AvgIpc) is 2.89. The summed E-state index contributed by atoms with van der Waals surface area (Å²) in [6.45, 7) is 11.6. The molecule has 2 fully saturated rings. The van der Waals surface area contributed by atoms with E-state index < -0.39 is 0 Å². The molecule has 0 spiro atoms. The van der Waals surface area contributed by atoms with Crippen molar-refractivity contribution < 1.29 is 4.74 Å². The minimum atomic E-state index is 0.378. The van der Waals surface area contributed by atoms with Crippen molar-refractivity contribution >= 4 is 0 Å². The van der Waals surface area contributed by atoms with Crippen LogP contribution in [0.15, 0.2) is 0 Å². The van der Waals surface area contributed by atoms with Crippen molar-refractivity contribution in [2.45, 2.75) is 58.1 Å². The van der Waals surface area contributed by atoms with E-state index in [9.17, 15) is 0 Å². The van der Waals surface area contributed by atoms with Gasteiger partial charge in [0.05, 0.1) is 6.10 Å². The SMILES string of the molecule is CC(C)OCCCN1CCC[C@@H](N2CCCC2)C1. The Kier molecular flexibility index (Phi) is 5.93. The zero-order chi connectivity index (χ0) is 12.8. The van der Waals surface area contributed by atoms with Crippen LogP contribution in [0, 0.1) is 0 Å². The predicted octanol–water partition coefficient (Wildman–Crippen LogP) is 2.36. The summed E-state index contributed by atoms with van der Waals surface area (Å²) in [5.74, 6) is 0. The van der Waals surface area contributed by atoms with E-state index in [0.29, 0.717) is 6.10 Å². The molecule has 2 saturated heterocycles. The fourth-order valence-corrected chi connectivity index (χ4v) is 3.25. The molecule has 0 N–H and O–H groups in total. The zero-order valence-electron chi connectivity index (χ0n) is 12.2. The van der Waals surface area contributed by atoms with Crippen LogP contribution in [0.25, 0.3) is 0 Å². The Bertz CT molecular complexity index is 227. The second-order valence-corrected chi connectivity index (χ2v) is 6.11. The minimum Gasteiger partial charge on any atom is -0.379 e. The lowest BCUT2D eigenvalue weighted by molar-refractivity contribution is 0.0615. The highest BCUT2D eigenvalue weighted by atomic mass is 16.5. The van der Waals surface area contributed by atoms with Gasteiger partial charge in [-0.25, -0.2) is 0 Å². The van der Waals surface area contributed by atoms with Gasteiger partial charge in [0.2, 0.25) is 0 Å². The molecule has 0 unspecified atom stereocenters. The summed E-state index contributed by atoms with van der Waals surface area (Å²) in [5.41, 5.74) is 0. The lowest BCUT2D eigenvalue weighted by Gasteiger charge is -2.37. The highest BCUT2D eigenvalue weighted by Gasteiger charge is 2.26.